The third kappa shape index (κ3) is 2.94. The van der Waals surface area contributed by atoms with E-state index in [9.17, 15) is 14.4 Å². The summed E-state index contributed by atoms with van der Waals surface area (Å²) >= 11 is 0. The van der Waals surface area contributed by atoms with E-state index < -0.39 is 12.0 Å². The number of esters is 1. The first-order valence-corrected chi connectivity index (χ1v) is 8.96. The molecule has 0 aromatic heterocycles. The second kappa shape index (κ2) is 6.82. The molecular formula is C19H21N3O4. The van der Waals surface area contributed by atoms with E-state index in [4.69, 9.17) is 4.74 Å². The van der Waals surface area contributed by atoms with Crippen molar-refractivity contribution in [2.24, 2.45) is 0 Å². The lowest BCUT2D eigenvalue weighted by atomic mass is 9.96. The van der Waals surface area contributed by atoms with Crippen LogP contribution in [0.3, 0.4) is 0 Å². The lowest BCUT2D eigenvalue weighted by Gasteiger charge is -2.34. The van der Waals surface area contributed by atoms with Gasteiger partial charge in [-0.1, -0.05) is 30.3 Å². The maximum absolute atomic E-state index is 12.7. The summed E-state index contributed by atoms with van der Waals surface area (Å²) in [6.45, 7) is 1.41. The van der Waals surface area contributed by atoms with E-state index in [2.05, 4.69) is 5.32 Å². The van der Waals surface area contributed by atoms with Crippen molar-refractivity contribution in [1.29, 1.82) is 0 Å². The molecule has 3 aliphatic heterocycles. The van der Waals surface area contributed by atoms with E-state index in [0.717, 1.165) is 37.9 Å². The number of cyclic esters (lactones) is 1. The number of ether oxygens (including phenoxy) is 1. The topological polar surface area (TPSA) is 79.0 Å². The molecule has 3 aliphatic rings. The number of benzene rings is 1. The van der Waals surface area contributed by atoms with Crippen LogP contribution in [0.5, 0.6) is 0 Å². The van der Waals surface area contributed by atoms with Crippen LogP contribution < -0.4 is 5.32 Å². The maximum Gasteiger partial charge on any atom is 0.338 e. The molecule has 1 aromatic carbocycles. The van der Waals surface area contributed by atoms with Crippen molar-refractivity contribution in [3.8, 4) is 0 Å². The van der Waals surface area contributed by atoms with E-state index in [1.165, 1.54) is 4.90 Å². The van der Waals surface area contributed by atoms with Gasteiger partial charge < -0.3 is 15.0 Å². The lowest BCUT2D eigenvalue weighted by Crippen LogP contribution is -2.51. The van der Waals surface area contributed by atoms with Gasteiger partial charge in [0, 0.05) is 13.1 Å². The second-order valence-corrected chi connectivity index (χ2v) is 6.76. The number of carbonyl (C=O) groups is 3. The van der Waals surface area contributed by atoms with Crippen LogP contribution in [0.1, 0.15) is 30.9 Å². The first-order chi connectivity index (χ1) is 12.6. The van der Waals surface area contributed by atoms with Gasteiger partial charge in [0.2, 0.25) is 5.91 Å². The summed E-state index contributed by atoms with van der Waals surface area (Å²) in [6, 6.07) is 8.38. The number of piperidine rings is 1. The minimum absolute atomic E-state index is 0.0260. The van der Waals surface area contributed by atoms with Crippen molar-refractivity contribution < 1.29 is 19.1 Å². The van der Waals surface area contributed by atoms with Crippen LogP contribution in [0.4, 0.5) is 4.79 Å². The quantitative estimate of drug-likeness (QED) is 0.835. The Bertz CT molecular complexity index is 768. The highest BCUT2D eigenvalue weighted by Crippen LogP contribution is 2.34. The summed E-state index contributed by atoms with van der Waals surface area (Å²) in [5.41, 5.74) is 1.73. The largest absolute Gasteiger partial charge is 0.456 e. The first kappa shape index (κ1) is 16.6. The van der Waals surface area contributed by atoms with Crippen LogP contribution in [0, 0.1) is 0 Å². The van der Waals surface area contributed by atoms with E-state index in [1.54, 1.807) is 4.90 Å². The monoisotopic (exact) mass is 355 g/mol. The molecular weight excluding hydrogens is 334 g/mol. The zero-order valence-corrected chi connectivity index (χ0v) is 14.4. The standard InChI is InChI=1S/C19H21N3O4/c23-15(21-9-5-2-6-10-21)11-22-14-12-26-18(24)16(14)17(20-19(22)25)13-7-3-1-4-8-13/h1,3-4,7-8,17H,2,5-6,9-12H2,(H,20,25)/t17-/m1/s1. The zero-order valence-electron chi connectivity index (χ0n) is 14.4. The van der Waals surface area contributed by atoms with Crippen LogP contribution in [0.15, 0.2) is 41.6 Å². The Labute approximate surface area is 151 Å². The molecule has 0 spiro atoms. The number of urea groups is 1. The Morgan fingerprint density at radius 1 is 1.12 bits per heavy atom. The number of rotatable bonds is 3. The van der Waals surface area contributed by atoms with Gasteiger partial charge in [0.1, 0.15) is 13.2 Å². The number of nitrogens with one attached hydrogen (secondary N) is 1. The van der Waals surface area contributed by atoms with Crippen LogP contribution in [0.2, 0.25) is 0 Å². The van der Waals surface area contributed by atoms with Crippen molar-refractivity contribution in [1.82, 2.24) is 15.1 Å². The molecule has 7 nitrogen and oxygen atoms in total. The van der Waals surface area contributed by atoms with Gasteiger partial charge in [-0.15, -0.1) is 0 Å². The van der Waals surface area contributed by atoms with Gasteiger partial charge in [-0.3, -0.25) is 9.69 Å². The third-order valence-corrected chi connectivity index (χ3v) is 5.13. The number of carbonyl (C=O) groups excluding carboxylic acids is 3. The fourth-order valence-electron chi connectivity index (χ4n) is 3.75. The van der Waals surface area contributed by atoms with E-state index in [0.29, 0.717) is 11.3 Å². The van der Waals surface area contributed by atoms with Gasteiger partial charge >= 0.3 is 12.0 Å². The summed E-state index contributed by atoms with van der Waals surface area (Å²) in [7, 11) is 0. The molecule has 1 aromatic rings. The summed E-state index contributed by atoms with van der Waals surface area (Å²) in [5.74, 6) is -0.534. The minimum Gasteiger partial charge on any atom is -0.456 e. The van der Waals surface area contributed by atoms with Crippen molar-refractivity contribution >= 4 is 17.9 Å². The molecule has 3 heterocycles. The molecule has 3 amide bonds. The zero-order chi connectivity index (χ0) is 18.1. The third-order valence-electron chi connectivity index (χ3n) is 5.13. The number of nitrogens with zero attached hydrogens (tertiary/aromatic N) is 2. The normalized spacial score (nSPS) is 22.8. The molecule has 0 radical (unpaired) electrons. The number of hydrogen-bond acceptors (Lipinski definition) is 4. The molecule has 136 valence electrons. The van der Waals surface area contributed by atoms with Crippen molar-refractivity contribution in [3.63, 3.8) is 0 Å². The predicted molar refractivity (Wildman–Crippen MR) is 92.8 cm³/mol. The molecule has 7 heteroatoms. The number of hydrogen-bond donors (Lipinski definition) is 1. The molecule has 4 rings (SSSR count). The van der Waals surface area contributed by atoms with Gasteiger partial charge in [-0.25, -0.2) is 9.59 Å². The van der Waals surface area contributed by atoms with Crippen LogP contribution >= 0.6 is 0 Å². The fourth-order valence-corrected chi connectivity index (χ4v) is 3.75. The van der Waals surface area contributed by atoms with Gasteiger partial charge in [-0.05, 0) is 24.8 Å². The molecule has 0 bridgehead atoms. The first-order valence-electron chi connectivity index (χ1n) is 8.96. The van der Waals surface area contributed by atoms with Crippen molar-refractivity contribution in [2.75, 3.05) is 26.2 Å². The Morgan fingerprint density at radius 3 is 2.58 bits per heavy atom. The van der Waals surface area contributed by atoms with Crippen molar-refractivity contribution in [3.05, 3.63) is 47.2 Å². The second-order valence-electron chi connectivity index (χ2n) is 6.76. The summed E-state index contributed by atoms with van der Waals surface area (Å²) in [4.78, 5) is 40.7. The highest BCUT2D eigenvalue weighted by atomic mass is 16.5. The van der Waals surface area contributed by atoms with Crippen molar-refractivity contribution in [2.45, 2.75) is 25.3 Å². The summed E-state index contributed by atoms with van der Waals surface area (Å²) < 4.78 is 5.19. The van der Waals surface area contributed by atoms with E-state index in [-0.39, 0.29) is 25.1 Å². The molecule has 1 atom stereocenters. The molecule has 0 aliphatic carbocycles. The van der Waals surface area contributed by atoms with Gasteiger partial charge in [-0.2, -0.15) is 0 Å². The molecule has 26 heavy (non-hydrogen) atoms. The Balaban J connectivity index is 1.61. The van der Waals surface area contributed by atoms with E-state index in [1.807, 2.05) is 30.3 Å². The van der Waals surface area contributed by atoms with Gasteiger partial charge in [0.25, 0.3) is 0 Å². The lowest BCUT2D eigenvalue weighted by molar-refractivity contribution is -0.136. The Hall–Kier alpha value is -2.83. The average molecular weight is 355 g/mol. The number of amides is 3. The Kier molecular flexibility index (Phi) is 4.36. The Morgan fingerprint density at radius 2 is 1.85 bits per heavy atom. The molecule has 1 saturated heterocycles. The van der Waals surface area contributed by atoms with Crippen LogP contribution in [-0.2, 0) is 14.3 Å². The summed E-state index contributed by atoms with van der Waals surface area (Å²) in [5, 5.41) is 2.85. The average Bonchev–Trinajstić information content (AvgIpc) is 3.07. The molecule has 0 saturated carbocycles. The fraction of sp³-hybridized carbons (Fsp3) is 0.421. The molecule has 0 unspecified atom stereocenters. The SMILES string of the molecule is O=C1OCC2=C1[C@@H](c1ccccc1)NC(=O)N2CC(=O)N1CCCCC1. The summed E-state index contributed by atoms with van der Waals surface area (Å²) in [6.07, 6.45) is 3.11. The highest BCUT2D eigenvalue weighted by Gasteiger charge is 2.43. The molecule has 1 N–H and O–H groups in total. The maximum atomic E-state index is 12.7. The highest BCUT2D eigenvalue weighted by molar-refractivity contribution is 5.98. The predicted octanol–water partition coefficient (Wildman–Crippen LogP) is 1.58. The smallest absolute Gasteiger partial charge is 0.338 e. The van der Waals surface area contributed by atoms with E-state index >= 15 is 0 Å². The van der Waals surface area contributed by atoms with Gasteiger partial charge in [0.05, 0.1) is 17.3 Å². The molecule has 1 fully saturated rings. The van der Waals surface area contributed by atoms with Gasteiger partial charge in [0.15, 0.2) is 0 Å². The number of likely N-dealkylation sites (tertiary alicyclic amines) is 1. The minimum atomic E-state index is -0.546. The van der Waals surface area contributed by atoms with Crippen LogP contribution in [0.25, 0.3) is 0 Å². The van der Waals surface area contributed by atoms with Crippen LogP contribution in [-0.4, -0.2) is 53.9 Å².